The van der Waals surface area contributed by atoms with Crippen LogP contribution in [0.3, 0.4) is 0 Å². The van der Waals surface area contributed by atoms with Crippen molar-refractivity contribution in [2.24, 2.45) is 5.92 Å². The number of hydrogen-bond donors (Lipinski definition) is 1. The molecular weight excluding hydrogens is 457 g/mol. The first-order valence-corrected chi connectivity index (χ1v) is 12.8. The van der Waals surface area contributed by atoms with Gasteiger partial charge in [-0.15, -0.1) is 0 Å². The maximum absolute atomic E-state index is 13.4. The Bertz CT molecular complexity index is 1250. The largest absolute Gasteiger partial charge is 0.381 e. The van der Waals surface area contributed by atoms with E-state index in [-0.39, 0.29) is 27.1 Å². The number of anilines is 1. The number of amides is 1. The third kappa shape index (κ3) is 4.14. The Balaban J connectivity index is 1.52. The van der Waals surface area contributed by atoms with Crippen LogP contribution in [0, 0.1) is 11.0 Å². The molecule has 0 bridgehead atoms. The molecule has 1 saturated carbocycles. The van der Waals surface area contributed by atoms with Gasteiger partial charge in [0.15, 0.2) is 20.1 Å². The van der Waals surface area contributed by atoms with Gasteiger partial charge < -0.3 is 10.1 Å². The van der Waals surface area contributed by atoms with Gasteiger partial charge in [0.25, 0.3) is 5.91 Å². The number of pyridine rings is 1. The Morgan fingerprint density at radius 1 is 1.22 bits per heavy atom. The fraction of sp³-hybridized carbons (Fsp3) is 0.500. The molecule has 0 spiro atoms. The number of carbonyl (C=O) groups excluding carboxylic acids is 1. The van der Waals surface area contributed by atoms with Crippen LogP contribution in [0.4, 0.5) is 9.52 Å². The quantitative estimate of drug-likeness (QED) is 0.554. The van der Waals surface area contributed by atoms with Crippen molar-refractivity contribution in [2.75, 3.05) is 18.5 Å². The molecule has 0 radical (unpaired) electrons. The van der Waals surface area contributed by atoms with Crippen molar-refractivity contribution in [1.29, 1.82) is 0 Å². The Labute approximate surface area is 187 Å². The molecule has 3 aromatic heterocycles. The summed E-state index contributed by atoms with van der Waals surface area (Å²) in [7, 11) is -3.48. The summed E-state index contributed by atoms with van der Waals surface area (Å²) in [6, 6.07) is -0.733. The van der Waals surface area contributed by atoms with Crippen LogP contribution in [0.15, 0.2) is 29.7 Å². The second-order valence-electron chi connectivity index (χ2n) is 8.17. The highest BCUT2D eigenvalue weighted by atomic mass is 32.2. The second kappa shape index (κ2) is 8.49. The number of rotatable bonds is 7. The zero-order valence-corrected chi connectivity index (χ0v) is 18.7. The van der Waals surface area contributed by atoms with Crippen LogP contribution >= 0.6 is 11.3 Å². The van der Waals surface area contributed by atoms with Gasteiger partial charge in [-0.1, -0.05) is 11.3 Å². The zero-order chi connectivity index (χ0) is 22.3. The Hall–Kier alpha value is -2.44. The standard InChI is InChI=1S/C20H22FN5O4S2/c21-18-11-23-20(31-18)25-19(27)15(7-12-3-5-30-6-4-12)26-16-9-22-10-17(14(16)8-24-26)32(28,29)13-1-2-13/h8-13,15H,1-7H2,(H,23,25,27)/t15-/m1/s1. The van der Waals surface area contributed by atoms with Crippen molar-refractivity contribution in [3.05, 3.63) is 29.9 Å². The van der Waals surface area contributed by atoms with Gasteiger partial charge >= 0.3 is 0 Å². The van der Waals surface area contributed by atoms with E-state index in [0.717, 1.165) is 30.4 Å². The van der Waals surface area contributed by atoms with Crippen molar-refractivity contribution in [3.8, 4) is 0 Å². The molecule has 5 rings (SSSR count). The fourth-order valence-corrected chi connectivity index (χ4v) is 6.42. The molecule has 1 N–H and O–H groups in total. The van der Waals surface area contributed by atoms with Gasteiger partial charge in [-0.3, -0.25) is 14.5 Å². The first kappa shape index (κ1) is 21.4. The van der Waals surface area contributed by atoms with Gasteiger partial charge in [0.05, 0.1) is 34.3 Å². The van der Waals surface area contributed by atoms with Crippen LogP contribution < -0.4 is 5.32 Å². The van der Waals surface area contributed by atoms with E-state index in [4.69, 9.17) is 4.74 Å². The topological polar surface area (TPSA) is 116 Å². The van der Waals surface area contributed by atoms with E-state index in [2.05, 4.69) is 20.4 Å². The summed E-state index contributed by atoms with van der Waals surface area (Å²) in [6.45, 7) is 1.25. The molecule has 1 aliphatic heterocycles. The number of carbonyl (C=O) groups is 1. The molecule has 1 atom stereocenters. The highest BCUT2D eigenvalue weighted by Gasteiger charge is 2.39. The number of ether oxygens (including phenoxy) is 1. The van der Waals surface area contributed by atoms with E-state index in [1.54, 1.807) is 0 Å². The fourth-order valence-electron chi connectivity index (χ4n) is 4.09. The number of fused-ring (bicyclic) bond motifs is 1. The SMILES string of the molecule is O=C(Nc1ncc(F)s1)[C@@H](CC1CCOCC1)n1ncc2c(S(=O)(=O)C3CC3)cncc21. The second-order valence-corrected chi connectivity index (χ2v) is 11.3. The number of halogens is 1. The van der Waals surface area contributed by atoms with Crippen LogP contribution in [0.25, 0.3) is 10.9 Å². The van der Waals surface area contributed by atoms with Crippen LogP contribution in [0.1, 0.15) is 38.1 Å². The number of hydrogen-bond acceptors (Lipinski definition) is 8. The summed E-state index contributed by atoms with van der Waals surface area (Å²) in [5.41, 5.74) is 0.476. The third-order valence-corrected chi connectivity index (χ3v) is 8.95. The third-order valence-electron chi connectivity index (χ3n) is 5.96. The van der Waals surface area contributed by atoms with Gasteiger partial charge in [-0.2, -0.15) is 9.49 Å². The van der Waals surface area contributed by atoms with Crippen LogP contribution in [-0.2, 0) is 19.4 Å². The van der Waals surface area contributed by atoms with E-state index in [0.29, 0.717) is 43.4 Å². The van der Waals surface area contributed by atoms with E-state index in [9.17, 15) is 17.6 Å². The average Bonchev–Trinajstić information content (AvgIpc) is 3.46. The van der Waals surface area contributed by atoms with Crippen LogP contribution in [-0.4, -0.2) is 52.5 Å². The first-order chi connectivity index (χ1) is 15.4. The highest BCUT2D eigenvalue weighted by Crippen LogP contribution is 2.37. The van der Waals surface area contributed by atoms with Gasteiger partial charge in [0.2, 0.25) is 0 Å². The summed E-state index contributed by atoms with van der Waals surface area (Å²) in [5.74, 6) is -0.149. The molecule has 2 fully saturated rings. The first-order valence-electron chi connectivity index (χ1n) is 10.5. The molecule has 0 aromatic carbocycles. The molecule has 170 valence electrons. The van der Waals surface area contributed by atoms with E-state index in [1.807, 2.05) is 0 Å². The Morgan fingerprint density at radius 2 is 2.00 bits per heavy atom. The van der Waals surface area contributed by atoms with E-state index < -0.39 is 21.0 Å². The smallest absolute Gasteiger partial charge is 0.251 e. The van der Waals surface area contributed by atoms with Crippen molar-refractivity contribution < 1.29 is 22.3 Å². The molecule has 12 heteroatoms. The van der Waals surface area contributed by atoms with Gasteiger partial charge in [0, 0.05) is 24.8 Å². The summed E-state index contributed by atoms with van der Waals surface area (Å²) in [6.07, 6.45) is 8.82. The lowest BCUT2D eigenvalue weighted by molar-refractivity contribution is -0.120. The zero-order valence-electron chi connectivity index (χ0n) is 17.1. The predicted molar refractivity (Wildman–Crippen MR) is 116 cm³/mol. The van der Waals surface area contributed by atoms with Crippen molar-refractivity contribution in [3.63, 3.8) is 0 Å². The number of thiazole rings is 1. The molecule has 4 heterocycles. The normalized spacial score (nSPS) is 18.7. The summed E-state index contributed by atoms with van der Waals surface area (Å²) < 4.78 is 46.1. The molecule has 1 amide bonds. The lowest BCUT2D eigenvalue weighted by atomic mass is 9.92. The maximum Gasteiger partial charge on any atom is 0.251 e. The van der Waals surface area contributed by atoms with Crippen LogP contribution in [0.2, 0.25) is 0 Å². The minimum Gasteiger partial charge on any atom is -0.381 e. The minimum atomic E-state index is -3.48. The van der Waals surface area contributed by atoms with E-state index >= 15 is 0 Å². The molecule has 1 aliphatic carbocycles. The number of sulfone groups is 1. The highest BCUT2D eigenvalue weighted by molar-refractivity contribution is 7.92. The number of nitrogens with zero attached hydrogens (tertiary/aromatic N) is 4. The molecule has 9 nitrogen and oxygen atoms in total. The van der Waals surface area contributed by atoms with Gasteiger partial charge in [-0.25, -0.2) is 13.4 Å². The molecule has 2 aliphatic rings. The average molecular weight is 480 g/mol. The Morgan fingerprint density at radius 3 is 2.69 bits per heavy atom. The molecule has 1 saturated heterocycles. The molecule has 3 aromatic rings. The number of nitrogens with one attached hydrogen (secondary N) is 1. The van der Waals surface area contributed by atoms with Gasteiger partial charge in [0.1, 0.15) is 6.04 Å². The van der Waals surface area contributed by atoms with Crippen LogP contribution in [0.5, 0.6) is 0 Å². The lowest BCUT2D eigenvalue weighted by Crippen LogP contribution is -2.30. The Kier molecular flexibility index (Phi) is 5.68. The lowest BCUT2D eigenvalue weighted by Gasteiger charge is -2.26. The number of aromatic nitrogens is 4. The van der Waals surface area contributed by atoms with Gasteiger partial charge in [-0.05, 0) is 38.0 Å². The maximum atomic E-state index is 13.4. The molecule has 0 unspecified atom stereocenters. The monoisotopic (exact) mass is 479 g/mol. The van der Waals surface area contributed by atoms with Crippen molar-refractivity contribution in [2.45, 2.75) is 48.3 Å². The summed E-state index contributed by atoms with van der Waals surface area (Å²) in [4.78, 5) is 21.4. The molecular formula is C20H22FN5O4S2. The summed E-state index contributed by atoms with van der Waals surface area (Å²) >= 11 is 0.745. The molecule has 32 heavy (non-hydrogen) atoms. The van der Waals surface area contributed by atoms with Crippen molar-refractivity contribution >= 4 is 43.1 Å². The minimum absolute atomic E-state index is 0.149. The van der Waals surface area contributed by atoms with Crippen molar-refractivity contribution in [1.82, 2.24) is 19.7 Å². The summed E-state index contributed by atoms with van der Waals surface area (Å²) in [5, 5.41) is 6.84. The predicted octanol–water partition coefficient (Wildman–Crippen LogP) is 2.96. The van der Waals surface area contributed by atoms with E-state index in [1.165, 1.54) is 23.3 Å².